The van der Waals surface area contributed by atoms with Gasteiger partial charge in [0.2, 0.25) is 6.79 Å². The maximum Gasteiger partial charge on any atom is 0.295 e. The molecule has 3 heterocycles. The van der Waals surface area contributed by atoms with E-state index in [0.717, 1.165) is 5.56 Å². The Bertz CT molecular complexity index is 1270. The van der Waals surface area contributed by atoms with Gasteiger partial charge in [0, 0.05) is 24.5 Å². The first kappa shape index (κ1) is 20.6. The summed E-state index contributed by atoms with van der Waals surface area (Å²) in [5, 5.41) is 11.2. The molecule has 0 bridgehead atoms. The number of amides is 1. The van der Waals surface area contributed by atoms with Crippen LogP contribution in [0.25, 0.3) is 5.76 Å². The Hall–Kier alpha value is -4.33. The van der Waals surface area contributed by atoms with Crippen LogP contribution >= 0.6 is 0 Å². The van der Waals surface area contributed by atoms with Crippen LogP contribution < -0.4 is 14.2 Å². The van der Waals surface area contributed by atoms with E-state index >= 15 is 0 Å². The van der Waals surface area contributed by atoms with Crippen molar-refractivity contribution < 1.29 is 28.9 Å². The van der Waals surface area contributed by atoms with Crippen LogP contribution in [0.15, 0.2) is 72.6 Å². The smallest absolute Gasteiger partial charge is 0.295 e. The number of methoxy groups -OCH3 is 1. The average Bonchev–Trinajstić information content (AvgIpc) is 3.42. The molecule has 8 nitrogen and oxygen atoms in total. The number of rotatable bonds is 5. The van der Waals surface area contributed by atoms with Gasteiger partial charge in [0.1, 0.15) is 11.5 Å². The van der Waals surface area contributed by atoms with E-state index in [4.69, 9.17) is 14.2 Å². The van der Waals surface area contributed by atoms with Gasteiger partial charge in [0.25, 0.3) is 11.7 Å². The highest BCUT2D eigenvalue weighted by Gasteiger charge is 2.46. The number of ether oxygens (including phenoxy) is 3. The summed E-state index contributed by atoms with van der Waals surface area (Å²) in [4.78, 5) is 31.8. The largest absolute Gasteiger partial charge is 0.507 e. The highest BCUT2D eigenvalue weighted by Crippen LogP contribution is 2.42. The predicted molar refractivity (Wildman–Crippen MR) is 118 cm³/mol. The van der Waals surface area contributed by atoms with Crippen molar-refractivity contribution in [3.8, 4) is 17.2 Å². The van der Waals surface area contributed by atoms with E-state index in [1.165, 1.54) is 12.0 Å². The Labute approximate surface area is 189 Å². The fourth-order valence-electron chi connectivity index (χ4n) is 4.09. The molecule has 1 atom stereocenters. The molecule has 2 aliphatic rings. The van der Waals surface area contributed by atoms with Crippen molar-refractivity contribution in [3.63, 3.8) is 0 Å². The average molecular weight is 444 g/mol. The highest BCUT2D eigenvalue weighted by molar-refractivity contribution is 6.46. The van der Waals surface area contributed by atoms with E-state index in [2.05, 4.69) is 4.98 Å². The van der Waals surface area contributed by atoms with Gasteiger partial charge in [-0.3, -0.25) is 14.6 Å². The lowest BCUT2D eigenvalue weighted by Gasteiger charge is -2.25. The van der Waals surface area contributed by atoms with Crippen LogP contribution in [-0.4, -0.2) is 40.6 Å². The molecule has 2 aliphatic heterocycles. The minimum absolute atomic E-state index is 0.00370. The minimum atomic E-state index is -0.814. The Balaban J connectivity index is 1.65. The summed E-state index contributed by atoms with van der Waals surface area (Å²) >= 11 is 0. The van der Waals surface area contributed by atoms with Crippen molar-refractivity contribution in [2.75, 3.05) is 13.9 Å². The number of benzene rings is 2. The van der Waals surface area contributed by atoms with Crippen LogP contribution in [0.1, 0.15) is 22.7 Å². The number of carbonyl (C=O) groups is 2. The molecule has 1 N–H and O–H groups in total. The van der Waals surface area contributed by atoms with Gasteiger partial charge in [-0.2, -0.15) is 0 Å². The molecule has 0 aliphatic carbocycles. The van der Waals surface area contributed by atoms with Crippen molar-refractivity contribution in [3.05, 3.63) is 89.3 Å². The summed E-state index contributed by atoms with van der Waals surface area (Å²) < 4.78 is 16.1. The molecule has 0 spiro atoms. The van der Waals surface area contributed by atoms with Crippen LogP contribution in [0, 0.1) is 0 Å². The number of Topliss-reactive ketones (excluding diaryl/α,β-unsaturated/α-hetero) is 1. The monoisotopic (exact) mass is 444 g/mol. The molecular weight excluding hydrogens is 424 g/mol. The normalized spacial score (nSPS) is 18.6. The zero-order valence-corrected chi connectivity index (χ0v) is 17.7. The fraction of sp³-hybridized carbons (Fsp3) is 0.160. The van der Waals surface area contributed by atoms with Gasteiger partial charge in [-0.25, -0.2) is 0 Å². The summed E-state index contributed by atoms with van der Waals surface area (Å²) in [5.41, 5.74) is 1.75. The molecule has 1 amide bonds. The zero-order chi connectivity index (χ0) is 22.9. The maximum atomic E-state index is 13.2. The molecule has 0 saturated carbocycles. The number of pyridine rings is 1. The summed E-state index contributed by atoms with van der Waals surface area (Å²) in [5.74, 6) is -0.166. The molecule has 2 aromatic carbocycles. The van der Waals surface area contributed by atoms with Crippen LogP contribution in [0.4, 0.5) is 0 Å². The topological polar surface area (TPSA) is 98.2 Å². The van der Waals surface area contributed by atoms with E-state index in [-0.39, 0.29) is 24.7 Å². The van der Waals surface area contributed by atoms with Gasteiger partial charge in [-0.05, 0) is 47.5 Å². The number of carbonyl (C=O) groups excluding carboxylic acids is 2. The molecule has 1 fully saturated rings. The molecule has 3 aromatic rings. The zero-order valence-electron chi connectivity index (χ0n) is 17.7. The number of ketones is 1. The molecular formula is C25H20N2O6. The van der Waals surface area contributed by atoms with Gasteiger partial charge >= 0.3 is 0 Å². The molecule has 33 heavy (non-hydrogen) atoms. The number of aliphatic hydroxyl groups excluding tert-OH is 1. The fourth-order valence-corrected chi connectivity index (χ4v) is 4.09. The SMILES string of the molecule is COc1cccc(C2C(=C(O)c3ccc4c(c3)OCO4)C(=O)C(=O)N2Cc2cccnc2)c1. The standard InChI is InChI=1S/C25H20N2O6/c1-31-18-6-2-5-16(10-18)22-21(23(28)17-7-8-19-20(11-17)33-14-32-19)24(29)25(30)27(22)13-15-4-3-9-26-12-15/h2-12,22,28H,13-14H2,1H3. The predicted octanol–water partition coefficient (Wildman–Crippen LogP) is 3.44. The lowest BCUT2D eigenvalue weighted by Crippen LogP contribution is -2.29. The van der Waals surface area contributed by atoms with Gasteiger partial charge in [0.15, 0.2) is 11.5 Å². The van der Waals surface area contributed by atoms with Crippen molar-refractivity contribution in [2.45, 2.75) is 12.6 Å². The molecule has 0 radical (unpaired) electrons. The molecule has 1 saturated heterocycles. The third-order valence-electron chi connectivity index (χ3n) is 5.67. The Morgan fingerprint density at radius 2 is 1.97 bits per heavy atom. The first-order valence-corrected chi connectivity index (χ1v) is 10.3. The molecule has 8 heteroatoms. The van der Waals surface area contributed by atoms with Gasteiger partial charge in [-0.1, -0.05) is 18.2 Å². The minimum Gasteiger partial charge on any atom is -0.507 e. The van der Waals surface area contributed by atoms with Crippen molar-refractivity contribution >= 4 is 17.4 Å². The van der Waals surface area contributed by atoms with E-state index in [0.29, 0.717) is 28.4 Å². The molecule has 166 valence electrons. The second kappa shape index (κ2) is 8.31. The number of aromatic nitrogens is 1. The van der Waals surface area contributed by atoms with Crippen LogP contribution in [0.2, 0.25) is 0 Å². The first-order chi connectivity index (χ1) is 16.1. The quantitative estimate of drug-likeness (QED) is 0.366. The van der Waals surface area contributed by atoms with Crippen LogP contribution in [-0.2, 0) is 16.1 Å². The third kappa shape index (κ3) is 3.65. The lowest BCUT2D eigenvalue weighted by atomic mass is 9.95. The van der Waals surface area contributed by atoms with Crippen molar-refractivity contribution in [1.82, 2.24) is 9.88 Å². The Morgan fingerprint density at radius 1 is 1.12 bits per heavy atom. The third-order valence-corrected chi connectivity index (χ3v) is 5.67. The number of fused-ring (bicyclic) bond motifs is 1. The number of aliphatic hydroxyl groups is 1. The second-order valence-corrected chi connectivity index (χ2v) is 7.63. The molecule has 5 rings (SSSR count). The Kier molecular flexibility index (Phi) is 5.18. The molecule has 1 aromatic heterocycles. The summed E-state index contributed by atoms with van der Waals surface area (Å²) in [6.07, 6.45) is 3.27. The van der Waals surface area contributed by atoms with Gasteiger partial charge in [-0.15, -0.1) is 0 Å². The van der Waals surface area contributed by atoms with Gasteiger partial charge < -0.3 is 24.2 Å². The Morgan fingerprint density at radius 3 is 2.76 bits per heavy atom. The first-order valence-electron chi connectivity index (χ1n) is 10.3. The van der Waals surface area contributed by atoms with Crippen molar-refractivity contribution in [2.24, 2.45) is 0 Å². The van der Waals surface area contributed by atoms with Crippen LogP contribution in [0.3, 0.4) is 0 Å². The second-order valence-electron chi connectivity index (χ2n) is 7.63. The lowest BCUT2D eigenvalue weighted by molar-refractivity contribution is -0.140. The number of nitrogens with zero attached hydrogens (tertiary/aromatic N) is 2. The van der Waals surface area contributed by atoms with E-state index in [1.807, 2.05) is 6.07 Å². The summed E-state index contributed by atoms with van der Waals surface area (Å²) in [7, 11) is 1.54. The number of hydrogen-bond donors (Lipinski definition) is 1. The summed E-state index contributed by atoms with van der Waals surface area (Å²) in [6, 6.07) is 14.7. The highest BCUT2D eigenvalue weighted by atomic mass is 16.7. The number of hydrogen-bond acceptors (Lipinski definition) is 7. The van der Waals surface area contributed by atoms with E-state index in [1.54, 1.807) is 60.9 Å². The molecule has 1 unspecified atom stereocenters. The van der Waals surface area contributed by atoms with E-state index in [9.17, 15) is 14.7 Å². The maximum absolute atomic E-state index is 13.2. The van der Waals surface area contributed by atoms with Crippen molar-refractivity contribution in [1.29, 1.82) is 0 Å². The summed E-state index contributed by atoms with van der Waals surface area (Å²) in [6.45, 7) is 0.233. The number of likely N-dealkylation sites (tertiary alicyclic amines) is 1. The van der Waals surface area contributed by atoms with E-state index < -0.39 is 17.7 Å². The van der Waals surface area contributed by atoms with Gasteiger partial charge in [0.05, 0.1) is 18.7 Å². The van der Waals surface area contributed by atoms with Crippen LogP contribution in [0.5, 0.6) is 17.2 Å².